The van der Waals surface area contributed by atoms with Crippen molar-refractivity contribution >= 4 is 11.9 Å². The van der Waals surface area contributed by atoms with Gasteiger partial charge >= 0.3 is 5.97 Å². The van der Waals surface area contributed by atoms with Gasteiger partial charge < -0.3 is 119 Å². The summed E-state index contributed by atoms with van der Waals surface area (Å²) in [5.74, 6) is -1.43. The second-order valence-electron chi connectivity index (χ2n) is 28.3. The molecule has 1 amide bonds. The molecule has 26 heteroatoms. The monoisotopic (exact) mass is 1200 g/mol. The average molecular weight is 1200 g/mol. The van der Waals surface area contributed by atoms with Crippen LogP contribution < -0.4 is 5.32 Å². The number of carbonyl (C=O) groups is 2. The molecule has 5 heterocycles. The number of amides is 1. The van der Waals surface area contributed by atoms with Gasteiger partial charge in [0, 0.05) is 6.92 Å². The first-order chi connectivity index (χ1) is 39.3. The zero-order valence-electron chi connectivity index (χ0n) is 49.3. The summed E-state index contributed by atoms with van der Waals surface area (Å²) in [4.78, 5) is 27.5. The molecule has 4 saturated carbocycles. The van der Waals surface area contributed by atoms with E-state index in [4.69, 9.17) is 47.4 Å². The number of allylic oxidation sites excluding steroid dienone is 2. The molecule has 15 unspecified atom stereocenters. The Morgan fingerprint density at radius 2 is 1.32 bits per heavy atom. The number of carbonyl (C=O) groups excluding carboxylic acids is 2. The Balaban J connectivity index is 0.850. The van der Waals surface area contributed by atoms with Gasteiger partial charge in [0.15, 0.2) is 25.2 Å². The summed E-state index contributed by atoms with van der Waals surface area (Å²) in [6.45, 7) is 13.7. The van der Waals surface area contributed by atoms with Crippen molar-refractivity contribution in [2.24, 2.45) is 50.2 Å². The summed E-state index contributed by atoms with van der Waals surface area (Å²) in [6.07, 6.45) is -22.3. The Hall–Kier alpha value is -2.20. The molecule has 0 radical (unpaired) electrons. The van der Waals surface area contributed by atoms with Crippen molar-refractivity contribution in [3.8, 4) is 0 Å². The maximum atomic E-state index is 14.7. The van der Waals surface area contributed by atoms with E-state index < -0.39 is 202 Å². The topological polar surface area (TPSA) is 401 Å². The molecule has 0 bridgehead atoms. The summed E-state index contributed by atoms with van der Waals surface area (Å²) in [6, 6.07) is -1.25. The molecule has 29 atom stereocenters. The van der Waals surface area contributed by atoms with Crippen LogP contribution in [0.4, 0.5) is 0 Å². The number of hydrogen-bond donors (Lipinski definition) is 14. The fraction of sp³-hybridized carbons (Fsp3) is 0.931. The van der Waals surface area contributed by atoms with E-state index in [2.05, 4.69) is 59.9 Å². The lowest BCUT2D eigenvalue weighted by molar-refractivity contribution is -0.355. The first kappa shape index (κ1) is 64.8. The molecule has 0 aromatic rings. The standard InChI is InChI=1S/C58H93NO25/c1-25(61)59-36-40(68)39(67)30(21-77-47-43(71)44(83-48-41(69)37(65)28(62)19-75-48)31(22-78-47)81-50-45(72)57(74,23-60)24-79-50)80-46(36)82-35-12-13-54(6)32(53(35,4)5)11-14-55(7)33(54)10-9-26-27-17-52(2,3)15-16-58(27,34(64)18-56(26,55)8)51(73)84-49-42(70)38(66)29(63)20-76-49/h9,27-50,60,62-72,74H,10-24H2,1-8H3,(H,59,61)/t27-,28?,29?,30+,31?,32?,33?,34?,35-,36+,37?,38?,39+,40+,41?,42?,43?,44?,45-,46-,47?,48?,49?,50+,54-,55+,56+,57+,58+/m1/s1. The number of aliphatic hydroxyl groups excluding tert-OH is 12. The smallest absolute Gasteiger partial charge is 0.317 e. The zero-order valence-corrected chi connectivity index (χ0v) is 49.3. The molecule has 5 aliphatic carbocycles. The van der Waals surface area contributed by atoms with E-state index in [1.807, 2.05) is 0 Å². The minimum absolute atomic E-state index is 0.0653. The van der Waals surface area contributed by atoms with Gasteiger partial charge in [-0.1, -0.05) is 60.1 Å². The molecule has 0 spiro atoms. The van der Waals surface area contributed by atoms with Crippen LogP contribution in [0.1, 0.15) is 113 Å². The van der Waals surface area contributed by atoms with Crippen molar-refractivity contribution in [3.63, 3.8) is 0 Å². The molecule has 480 valence electrons. The summed E-state index contributed by atoms with van der Waals surface area (Å²) < 4.78 is 59.5. The van der Waals surface area contributed by atoms with E-state index in [0.717, 1.165) is 18.4 Å². The van der Waals surface area contributed by atoms with Gasteiger partial charge in [-0.3, -0.25) is 9.59 Å². The van der Waals surface area contributed by atoms with Crippen LogP contribution >= 0.6 is 0 Å². The van der Waals surface area contributed by atoms with Crippen molar-refractivity contribution in [1.82, 2.24) is 5.32 Å². The molecule has 26 nitrogen and oxygen atoms in total. The first-order valence-corrected chi connectivity index (χ1v) is 30.0. The number of esters is 1. The highest BCUT2D eigenvalue weighted by Crippen LogP contribution is 2.76. The van der Waals surface area contributed by atoms with Crippen molar-refractivity contribution in [1.29, 1.82) is 0 Å². The van der Waals surface area contributed by atoms with E-state index in [9.17, 15) is 76.0 Å². The average Bonchev–Trinajstić information content (AvgIpc) is 0.810. The van der Waals surface area contributed by atoms with Gasteiger partial charge in [-0.25, -0.2) is 0 Å². The number of ether oxygens (including phenoxy) is 10. The molecule has 0 aromatic heterocycles. The predicted molar refractivity (Wildman–Crippen MR) is 284 cm³/mol. The third-order valence-corrected chi connectivity index (χ3v) is 22.5. The molecule has 5 aliphatic heterocycles. The molecule has 5 saturated heterocycles. The predicted octanol–water partition coefficient (Wildman–Crippen LogP) is -2.54. The lowest BCUT2D eigenvalue weighted by Crippen LogP contribution is -2.69. The molecule has 10 rings (SSSR count). The highest BCUT2D eigenvalue weighted by Gasteiger charge is 2.72. The summed E-state index contributed by atoms with van der Waals surface area (Å²) in [5, 5.41) is 144. The number of hydrogen-bond acceptors (Lipinski definition) is 25. The first-order valence-electron chi connectivity index (χ1n) is 30.0. The van der Waals surface area contributed by atoms with Gasteiger partial charge in [0.1, 0.15) is 96.4 Å². The van der Waals surface area contributed by atoms with Gasteiger partial charge in [0.2, 0.25) is 12.2 Å². The van der Waals surface area contributed by atoms with E-state index >= 15 is 0 Å². The summed E-state index contributed by atoms with van der Waals surface area (Å²) in [7, 11) is 0. The fourth-order valence-corrected chi connectivity index (χ4v) is 17.3. The minimum atomic E-state index is -2.08. The molecule has 9 fully saturated rings. The Morgan fingerprint density at radius 3 is 1.98 bits per heavy atom. The number of rotatable bonds is 13. The Bertz CT molecular complexity index is 2400. The second-order valence-corrected chi connectivity index (χ2v) is 28.3. The van der Waals surface area contributed by atoms with E-state index in [-0.39, 0.29) is 41.1 Å². The summed E-state index contributed by atoms with van der Waals surface area (Å²) in [5.41, 5.74) is -4.20. The van der Waals surface area contributed by atoms with Crippen molar-refractivity contribution in [3.05, 3.63) is 11.6 Å². The van der Waals surface area contributed by atoms with Crippen molar-refractivity contribution in [2.75, 3.05) is 39.6 Å². The highest BCUT2D eigenvalue weighted by atomic mass is 16.8. The van der Waals surface area contributed by atoms with Crippen LogP contribution in [0.15, 0.2) is 11.6 Å². The third kappa shape index (κ3) is 10.8. The SMILES string of the molecule is CC(=O)N[C@@H]1[C@@H](O[C@@H]2CC[C@]3(C)C(CC[C@@]4(C)C3CC=C3[C@H]5CC(C)(C)CC[C@@]5(C(=O)OC5OCC(O)C(O)C5O)C(O)C[C@@]34C)C2(C)C)O[C@@H](COC2OCC(O[C@@H]3OC[C@@](O)(CO)[C@@H]3O)C(OC3OCC(O)C(O)C3O)C2O)[C@H](O)[C@H]1O. The molecule has 14 N–H and O–H groups in total. The van der Waals surface area contributed by atoms with Crippen LogP contribution in [0.25, 0.3) is 0 Å². The van der Waals surface area contributed by atoms with Crippen LogP contribution in [0.5, 0.6) is 0 Å². The van der Waals surface area contributed by atoms with E-state index in [0.29, 0.717) is 38.5 Å². The van der Waals surface area contributed by atoms with E-state index in [1.165, 1.54) is 6.92 Å². The third-order valence-electron chi connectivity index (χ3n) is 22.5. The number of aliphatic hydroxyl groups is 13. The van der Waals surface area contributed by atoms with Crippen molar-refractivity contribution < 1.29 is 123 Å². The Morgan fingerprint density at radius 1 is 0.667 bits per heavy atom. The Kier molecular flexibility index (Phi) is 18.2. The zero-order chi connectivity index (χ0) is 61.2. The van der Waals surface area contributed by atoms with Crippen LogP contribution in [0.3, 0.4) is 0 Å². The molecule has 84 heavy (non-hydrogen) atoms. The van der Waals surface area contributed by atoms with Gasteiger partial charge in [0.05, 0.1) is 51.8 Å². The van der Waals surface area contributed by atoms with Crippen molar-refractivity contribution in [2.45, 2.75) is 248 Å². The van der Waals surface area contributed by atoms with Gasteiger partial charge in [-0.05, 0) is 103 Å². The lowest BCUT2D eigenvalue weighted by atomic mass is 9.33. The largest absolute Gasteiger partial charge is 0.432 e. The second kappa shape index (κ2) is 23.6. The van der Waals surface area contributed by atoms with Gasteiger partial charge in [-0.2, -0.15) is 0 Å². The molecule has 0 aromatic carbocycles. The Labute approximate surface area is 488 Å². The van der Waals surface area contributed by atoms with Crippen LogP contribution in [0.2, 0.25) is 0 Å². The molecule has 10 aliphatic rings. The quantitative estimate of drug-likeness (QED) is 0.0513. The normalized spacial score (nSPS) is 52.6. The fourth-order valence-electron chi connectivity index (χ4n) is 17.3. The van der Waals surface area contributed by atoms with Gasteiger partial charge in [-0.15, -0.1) is 0 Å². The van der Waals surface area contributed by atoms with Gasteiger partial charge in [0.25, 0.3) is 0 Å². The number of fused-ring (bicyclic) bond motifs is 7. The maximum absolute atomic E-state index is 14.7. The minimum Gasteiger partial charge on any atom is -0.432 e. The molecular formula is C58H93NO25. The van der Waals surface area contributed by atoms with Crippen LogP contribution in [0, 0.1) is 50.2 Å². The van der Waals surface area contributed by atoms with Crippen LogP contribution in [-0.2, 0) is 57.0 Å². The highest BCUT2D eigenvalue weighted by molar-refractivity contribution is 5.80. The lowest BCUT2D eigenvalue weighted by Gasteiger charge is -2.71. The molecular weight excluding hydrogens is 1110 g/mol. The maximum Gasteiger partial charge on any atom is 0.317 e. The summed E-state index contributed by atoms with van der Waals surface area (Å²) >= 11 is 0. The van der Waals surface area contributed by atoms with Crippen LogP contribution in [-0.4, -0.2) is 253 Å². The van der Waals surface area contributed by atoms with E-state index in [1.54, 1.807) is 0 Å². The number of nitrogens with one attached hydrogen (secondary N) is 1.